The Labute approximate surface area is 81.0 Å². The van der Waals surface area contributed by atoms with Crippen LogP contribution in [0.25, 0.3) is 0 Å². The zero-order valence-electron chi connectivity index (χ0n) is 9.04. The standard InChI is InChI=1S/C11H20O2/c1-6-10(9(4)5)11(12)13-7-8(2)3/h6,8-10H,1,7H2,2-5H3. The fourth-order valence-corrected chi connectivity index (χ4v) is 0.986. The second-order valence-corrected chi connectivity index (χ2v) is 4.03. The first-order valence-corrected chi connectivity index (χ1v) is 4.78. The van der Waals surface area contributed by atoms with Crippen molar-refractivity contribution in [3.05, 3.63) is 12.7 Å². The molecule has 0 aromatic rings. The Morgan fingerprint density at radius 2 is 1.92 bits per heavy atom. The lowest BCUT2D eigenvalue weighted by Gasteiger charge is -2.16. The van der Waals surface area contributed by atoms with E-state index in [1.807, 2.05) is 27.7 Å². The Morgan fingerprint density at radius 1 is 1.38 bits per heavy atom. The second-order valence-electron chi connectivity index (χ2n) is 4.03. The van der Waals surface area contributed by atoms with E-state index >= 15 is 0 Å². The number of ether oxygens (including phenoxy) is 1. The zero-order chi connectivity index (χ0) is 10.4. The van der Waals surface area contributed by atoms with Gasteiger partial charge in [-0.25, -0.2) is 0 Å². The largest absolute Gasteiger partial charge is 0.465 e. The molecule has 0 N–H and O–H groups in total. The summed E-state index contributed by atoms with van der Waals surface area (Å²) in [6.07, 6.45) is 1.66. The van der Waals surface area contributed by atoms with Crippen molar-refractivity contribution >= 4 is 5.97 Å². The molecule has 2 nitrogen and oxygen atoms in total. The summed E-state index contributed by atoms with van der Waals surface area (Å²) in [6, 6.07) is 0. The van der Waals surface area contributed by atoms with Crippen molar-refractivity contribution in [2.45, 2.75) is 27.7 Å². The molecule has 0 fully saturated rings. The molecule has 0 saturated carbocycles. The van der Waals surface area contributed by atoms with Gasteiger partial charge in [0.05, 0.1) is 12.5 Å². The molecule has 0 saturated heterocycles. The van der Waals surface area contributed by atoms with Crippen LogP contribution in [0.2, 0.25) is 0 Å². The maximum Gasteiger partial charge on any atom is 0.313 e. The Kier molecular flexibility index (Phi) is 5.44. The van der Waals surface area contributed by atoms with E-state index in [1.54, 1.807) is 6.08 Å². The zero-order valence-corrected chi connectivity index (χ0v) is 9.04. The number of hydrogen-bond acceptors (Lipinski definition) is 2. The third kappa shape index (κ3) is 4.71. The maximum atomic E-state index is 11.4. The van der Waals surface area contributed by atoms with E-state index in [0.29, 0.717) is 12.5 Å². The van der Waals surface area contributed by atoms with Crippen molar-refractivity contribution in [3.8, 4) is 0 Å². The van der Waals surface area contributed by atoms with Crippen LogP contribution in [-0.4, -0.2) is 12.6 Å². The molecule has 2 heteroatoms. The van der Waals surface area contributed by atoms with Gasteiger partial charge in [-0.2, -0.15) is 0 Å². The number of carbonyl (C=O) groups excluding carboxylic acids is 1. The van der Waals surface area contributed by atoms with E-state index in [9.17, 15) is 4.79 Å². The molecule has 0 bridgehead atoms. The summed E-state index contributed by atoms with van der Waals surface area (Å²) in [5.41, 5.74) is 0. The lowest BCUT2D eigenvalue weighted by Crippen LogP contribution is -2.22. The first-order chi connectivity index (χ1) is 5.99. The van der Waals surface area contributed by atoms with Gasteiger partial charge in [0.15, 0.2) is 0 Å². The summed E-state index contributed by atoms with van der Waals surface area (Å²) in [6.45, 7) is 12.1. The Hall–Kier alpha value is -0.790. The van der Waals surface area contributed by atoms with E-state index in [-0.39, 0.29) is 17.8 Å². The van der Waals surface area contributed by atoms with Crippen LogP contribution < -0.4 is 0 Å². The highest BCUT2D eigenvalue weighted by atomic mass is 16.5. The molecule has 0 rings (SSSR count). The second kappa shape index (κ2) is 5.79. The average molecular weight is 184 g/mol. The van der Waals surface area contributed by atoms with E-state index in [4.69, 9.17) is 4.74 Å². The third-order valence-electron chi connectivity index (χ3n) is 1.80. The first-order valence-electron chi connectivity index (χ1n) is 4.78. The lowest BCUT2D eigenvalue weighted by molar-refractivity contribution is -0.149. The molecule has 0 aliphatic carbocycles. The fourth-order valence-electron chi connectivity index (χ4n) is 0.986. The minimum absolute atomic E-state index is 0.154. The van der Waals surface area contributed by atoms with Crippen LogP contribution in [-0.2, 0) is 9.53 Å². The van der Waals surface area contributed by atoms with Gasteiger partial charge in [-0.1, -0.05) is 33.8 Å². The smallest absolute Gasteiger partial charge is 0.313 e. The SMILES string of the molecule is C=CC(C(=O)OCC(C)C)C(C)C. The first kappa shape index (κ1) is 12.2. The molecular formula is C11H20O2. The van der Waals surface area contributed by atoms with Gasteiger partial charge in [0.2, 0.25) is 0 Å². The van der Waals surface area contributed by atoms with Gasteiger partial charge in [-0.05, 0) is 11.8 Å². The topological polar surface area (TPSA) is 26.3 Å². The van der Waals surface area contributed by atoms with Gasteiger partial charge in [0.1, 0.15) is 0 Å². The van der Waals surface area contributed by atoms with Crippen molar-refractivity contribution in [3.63, 3.8) is 0 Å². The Balaban J connectivity index is 3.99. The van der Waals surface area contributed by atoms with E-state index < -0.39 is 0 Å². The summed E-state index contributed by atoms with van der Waals surface area (Å²) in [5, 5.41) is 0. The summed E-state index contributed by atoms with van der Waals surface area (Å²) < 4.78 is 5.11. The highest BCUT2D eigenvalue weighted by Crippen LogP contribution is 2.14. The van der Waals surface area contributed by atoms with E-state index in [0.717, 1.165) is 0 Å². The Bertz CT molecular complexity index is 171. The van der Waals surface area contributed by atoms with Crippen LogP contribution in [0.1, 0.15) is 27.7 Å². The maximum absolute atomic E-state index is 11.4. The van der Waals surface area contributed by atoms with Crippen LogP contribution in [0.5, 0.6) is 0 Å². The van der Waals surface area contributed by atoms with Crippen LogP contribution >= 0.6 is 0 Å². The minimum atomic E-state index is -0.168. The molecule has 0 amide bonds. The molecule has 0 aromatic carbocycles. The normalized spacial score (nSPS) is 13.1. The van der Waals surface area contributed by atoms with Crippen molar-refractivity contribution in [2.75, 3.05) is 6.61 Å². The molecule has 0 aliphatic rings. The van der Waals surface area contributed by atoms with Gasteiger partial charge >= 0.3 is 5.97 Å². The fraction of sp³-hybridized carbons (Fsp3) is 0.727. The van der Waals surface area contributed by atoms with Gasteiger partial charge in [-0.3, -0.25) is 4.79 Å². The molecule has 0 aromatic heterocycles. The summed E-state index contributed by atoms with van der Waals surface area (Å²) >= 11 is 0. The van der Waals surface area contributed by atoms with Gasteiger partial charge < -0.3 is 4.74 Å². The van der Waals surface area contributed by atoms with E-state index in [2.05, 4.69) is 6.58 Å². The molecule has 0 aliphatic heterocycles. The van der Waals surface area contributed by atoms with Gasteiger partial charge in [0.25, 0.3) is 0 Å². The molecule has 13 heavy (non-hydrogen) atoms. The van der Waals surface area contributed by atoms with Gasteiger partial charge in [-0.15, -0.1) is 6.58 Å². The van der Waals surface area contributed by atoms with Crippen molar-refractivity contribution in [2.24, 2.45) is 17.8 Å². The minimum Gasteiger partial charge on any atom is -0.465 e. The number of hydrogen-bond donors (Lipinski definition) is 0. The van der Waals surface area contributed by atoms with Crippen LogP contribution in [0.4, 0.5) is 0 Å². The highest BCUT2D eigenvalue weighted by Gasteiger charge is 2.19. The molecule has 1 unspecified atom stereocenters. The number of rotatable bonds is 5. The molecular weight excluding hydrogens is 164 g/mol. The molecule has 0 heterocycles. The van der Waals surface area contributed by atoms with Crippen LogP contribution in [0.15, 0.2) is 12.7 Å². The summed E-state index contributed by atoms with van der Waals surface area (Å²) in [5.74, 6) is 0.330. The van der Waals surface area contributed by atoms with Crippen molar-refractivity contribution < 1.29 is 9.53 Å². The molecule has 76 valence electrons. The molecule has 0 radical (unpaired) electrons. The molecule has 0 spiro atoms. The van der Waals surface area contributed by atoms with Crippen LogP contribution in [0.3, 0.4) is 0 Å². The van der Waals surface area contributed by atoms with Crippen LogP contribution in [0, 0.1) is 17.8 Å². The third-order valence-corrected chi connectivity index (χ3v) is 1.80. The summed E-state index contributed by atoms with van der Waals surface area (Å²) in [7, 11) is 0. The van der Waals surface area contributed by atoms with Crippen molar-refractivity contribution in [1.82, 2.24) is 0 Å². The van der Waals surface area contributed by atoms with E-state index in [1.165, 1.54) is 0 Å². The highest BCUT2D eigenvalue weighted by molar-refractivity contribution is 5.74. The summed E-state index contributed by atoms with van der Waals surface area (Å²) in [4.78, 5) is 11.4. The lowest BCUT2D eigenvalue weighted by atomic mass is 9.96. The quantitative estimate of drug-likeness (QED) is 0.485. The monoisotopic (exact) mass is 184 g/mol. The van der Waals surface area contributed by atoms with Gasteiger partial charge in [0, 0.05) is 0 Å². The average Bonchev–Trinajstić information content (AvgIpc) is 2.01. The Morgan fingerprint density at radius 3 is 2.23 bits per heavy atom. The number of esters is 1. The van der Waals surface area contributed by atoms with Crippen molar-refractivity contribution in [1.29, 1.82) is 0 Å². The molecule has 1 atom stereocenters. The predicted octanol–water partition coefficient (Wildman–Crippen LogP) is 2.64. The predicted molar refractivity (Wildman–Crippen MR) is 54.3 cm³/mol. The number of carbonyl (C=O) groups is 1.